The second kappa shape index (κ2) is 2.97. The van der Waals surface area contributed by atoms with E-state index in [4.69, 9.17) is 5.11 Å². The van der Waals surface area contributed by atoms with Gasteiger partial charge in [-0.05, 0) is 6.07 Å². The maximum absolute atomic E-state index is 10.5. The molecule has 2 heterocycles. The van der Waals surface area contributed by atoms with Crippen molar-refractivity contribution in [2.75, 3.05) is 0 Å². The standard InChI is InChI=1S/C8H6O2S2/c9-2-5-4-11-8-7(5)1-6(3-10)12-8/h1-2,4,10H,3H2. The number of fused-ring (bicyclic) bond motifs is 1. The monoisotopic (exact) mass is 198 g/mol. The molecule has 2 nitrogen and oxygen atoms in total. The molecular weight excluding hydrogens is 192 g/mol. The van der Waals surface area contributed by atoms with Crippen LogP contribution in [0, 0.1) is 0 Å². The Balaban J connectivity index is 2.68. The number of hydrogen-bond donors (Lipinski definition) is 1. The molecule has 0 aliphatic rings. The minimum absolute atomic E-state index is 0.0599. The Labute approximate surface area is 77.1 Å². The zero-order valence-corrected chi connectivity index (χ0v) is 7.74. The molecule has 0 saturated carbocycles. The van der Waals surface area contributed by atoms with Crippen molar-refractivity contribution in [3.63, 3.8) is 0 Å². The zero-order valence-electron chi connectivity index (χ0n) is 6.11. The summed E-state index contributed by atoms with van der Waals surface area (Å²) in [5, 5.41) is 11.7. The van der Waals surface area contributed by atoms with E-state index in [0.29, 0.717) is 0 Å². The van der Waals surface area contributed by atoms with Crippen molar-refractivity contribution < 1.29 is 9.90 Å². The van der Waals surface area contributed by atoms with Crippen LogP contribution in [0.4, 0.5) is 0 Å². The predicted molar refractivity (Wildman–Crippen MR) is 51.0 cm³/mol. The summed E-state index contributed by atoms with van der Waals surface area (Å²) in [5.74, 6) is 0. The number of hydrogen-bond acceptors (Lipinski definition) is 4. The molecule has 0 unspecified atom stereocenters. The summed E-state index contributed by atoms with van der Waals surface area (Å²) in [6, 6.07) is 1.88. The van der Waals surface area contributed by atoms with Crippen molar-refractivity contribution >= 4 is 38.4 Å². The molecule has 0 fully saturated rings. The Bertz CT molecular complexity index is 414. The summed E-state index contributed by atoms with van der Waals surface area (Å²) in [7, 11) is 0. The van der Waals surface area contributed by atoms with Crippen LogP contribution in [0.2, 0.25) is 0 Å². The Kier molecular flexibility index (Phi) is 1.96. The number of carbonyl (C=O) groups excluding carboxylic acids is 1. The van der Waals surface area contributed by atoms with Crippen LogP contribution < -0.4 is 0 Å². The first kappa shape index (κ1) is 7.91. The lowest BCUT2D eigenvalue weighted by Gasteiger charge is -1.82. The lowest BCUT2D eigenvalue weighted by atomic mass is 10.2. The minimum Gasteiger partial charge on any atom is -0.391 e. The van der Waals surface area contributed by atoms with E-state index in [-0.39, 0.29) is 6.61 Å². The number of aliphatic hydroxyl groups excluding tert-OH is 1. The zero-order chi connectivity index (χ0) is 8.55. The largest absolute Gasteiger partial charge is 0.391 e. The van der Waals surface area contributed by atoms with Gasteiger partial charge in [0.2, 0.25) is 0 Å². The average molecular weight is 198 g/mol. The fourth-order valence-corrected chi connectivity index (χ4v) is 3.21. The van der Waals surface area contributed by atoms with E-state index in [2.05, 4.69) is 0 Å². The van der Waals surface area contributed by atoms with Gasteiger partial charge in [0.15, 0.2) is 6.29 Å². The van der Waals surface area contributed by atoms with E-state index in [0.717, 1.165) is 26.1 Å². The second-order valence-corrected chi connectivity index (χ2v) is 4.66. The average Bonchev–Trinajstić information content (AvgIpc) is 2.61. The van der Waals surface area contributed by atoms with Crippen LogP contribution in [0.5, 0.6) is 0 Å². The third kappa shape index (κ3) is 1.08. The summed E-state index contributed by atoms with van der Waals surface area (Å²) in [4.78, 5) is 11.4. The van der Waals surface area contributed by atoms with E-state index >= 15 is 0 Å². The van der Waals surface area contributed by atoms with Crippen LogP contribution >= 0.6 is 22.7 Å². The molecule has 0 amide bonds. The van der Waals surface area contributed by atoms with Gasteiger partial charge in [-0.1, -0.05) is 0 Å². The van der Waals surface area contributed by atoms with E-state index in [9.17, 15) is 4.79 Å². The molecule has 0 aromatic carbocycles. The summed E-state index contributed by atoms with van der Waals surface area (Å²) in [6.45, 7) is 0.0599. The molecule has 0 atom stereocenters. The third-order valence-electron chi connectivity index (χ3n) is 1.64. The van der Waals surface area contributed by atoms with Crippen LogP contribution in [0.3, 0.4) is 0 Å². The van der Waals surface area contributed by atoms with E-state index in [1.807, 2.05) is 11.4 Å². The van der Waals surface area contributed by atoms with E-state index in [1.165, 1.54) is 0 Å². The fraction of sp³-hybridized carbons (Fsp3) is 0.125. The topological polar surface area (TPSA) is 37.3 Å². The van der Waals surface area contributed by atoms with Gasteiger partial charge in [-0.15, -0.1) is 22.7 Å². The smallest absolute Gasteiger partial charge is 0.151 e. The lowest BCUT2D eigenvalue weighted by Crippen LogP contribution is -1.73. The van der Waals surface area contributed by atoms with Crippen molar-refractivity contribution in [3.05, 3.63) is 21.9 Å². The summed E-state index contributed by atoms with van der Waals surface area (Å²) in [6.07, 6.45) is 0.854. The molecule has 0 saturated heterocycles. The predicted octanol–water partition coefficient (Wildman–Crippen LogP) is 2.27. The van der Waals surface area contributed by atoms with Crippen LogP contribution in [0.25, 0.3) is 9.40 Å². The molecule has 0 bridgehead atoms. The van der Waals surface area contributed by atoms with E-state index in [1.54, 1.807) is 22.7 Å². The van der Waals surface area contributed by atoms with Gasteiger partial charge in [-0.3, -0.25) is 4.79 Å². The highest BCUT2D eigenvalue weighted by Gasteiger charge is 2.06. The second-order valence-electron chi connectivity index (χ2n) is 2.38. The van der Waals surface area contributed by atoms with Gasteiger partial charge in [0.1, 0.15) is 0 Å². The first-order valence-electron chi connectivity index (χ1n) is 3.41. The van der Waals surface area contributed by atoms with Crippen molar-refractivity contribution in [1.82, 2.24) is 0 Å². The van der Waals surface area contributed by atoms with Crippen molar-refractivity contribution in [3.8, 4) is 0 Å². The molecule has 2 aromatic rings. The van der Waals surface area contributed by atoms with Crippen LogP contribution in [0.15, 0.2) is 11.4 Å². The SMILES string of the molecule is O=Cc1csc2sc(CO)cc12. The van der Waals surface area contributed by atoms with Crippen molar-refractivity contribution in [2.45, 2.75) is 6.61 Å². The summed E-state index contributed by atoms with van der Waals surface area (Å²) < 4.78 is 1.11. The molecule has 12 heavy (non-hydrogen) atoms. The molecular formula is C8H6O2S2. The van der Waals surface area contributed by atoms with Gasteiger partial charge in [0.05, 0.1) is 10.6 Å². The molecule has 62 valence electrons. The Morgan fingerprint density at radius 1 is 1.58 bits per heavy atom. The summed E-state index contributed by atoms with van der Waals surface area (Å²) in [5.41, 5.74) is 0.728. The number of aldehydes is 1. The molecule has 0 spiro atoms. The maximum atomic E-state index is 10.5. The minimum atomic E-state index is 0.0599. The lowest BCUT2D eigenvalue weighted by molar-refractivity contribution is 0.112. The van der Waals surface area contributed by atoms with Gasteiger partial charge in [-0.25, -0.2) is 0 Å². The molecule has 1 N–H and O–H groups in total. The number of rotatable bonds is 2. The Morgan fingerprint density at radius 3 is 3.08 bits per heavy atom. The van der Waals surface area contributed by atoms with Gasteiger partial charge in [0.25, 0.3) is 0 Å². The third-order valence-corrected chi connectivity index (χ3v) is 3.89. The van der Waals surface area contributed by atoms with Crippen LogP contribution in [-0.2, 0) is 6.61 Å². The summed E-state index contributed by atoms with van der Waals surface area (Å²) >= 11 is 3.09. The molecule has 4 heteroatoms. The number of aliphatic hydroxyl groups is 1. The van der Waals surface area contributed by atoms with Crippen molar-refractivity contribution in [2.24, 2.45) is 0 Å². The van der Waals surface area contributed by atoms with Gasteiger partial charge >= 0.3 is 0 Å². The van der Waals surface area contributed by atoms with E-state index < -0.39 is 0 Å². The first-order valence-corrected chi connectivity index (χ1v) is 5.10. The molecule has 0 aliphatic carbocycles. The Hall–Kier alpha value is -0.710. The first-order chi connectivity index (χ1) is 5.85. The molecule has 0 aliphatic heterocycles. The van der Waals surface area contributed by atoms with Crippen LogP contribution in [0.1, 0.15) is 15.2 Å². The molecule has 0 radical (unpaired) electrons. The quantitative estimate of drug-likeness (QED) is 0.751. The van der Waals surface area contributed by atoms with Gasteiger partial charge in [0, 0.05) is 21.2 Å². The molecule has 2 aromatic heterocycles. The number of thiophene rings is 2. The van der Waals surface area contributed by atoms with Gasteiger partial charge < -0.3 is 5.11 Å². The highest BCUT2D eigenvalue weighted by Crippen LogP contribution is 2.32. The highest BCUT2D eigenvalue weighted by atomic mass is 32.2. The maximum Gasteiger partial charge on any atom is 0.151 e. The van der Waals surface area contributed by atoms with Crippen molar-refractivity contribution in [1.29, 1.82) is 0 Å². The normalized spacial score (nSPS) is 10.8. The Morgan fingerprint density at radius 2 is 2.42 bits per heavy atom. The van der Waals surface area contributed by atoms with Crippen LogP contribution in [-0.4, -0.2) is 11.4 Å². The van der Waals surface area contributed by atoms with Gasteiger partial charge in [-0.2, -0.15) is 0 Å². The number of carbonyl (C=O) groups is 1. The fourth-order valence-electron chi connectivity index (χ4n) is 1.06. The highest BCUT2D eigenvalue weighted by molar-refractivity contribution is 7.37. The molecule has 2 rings (SSSR count).